The third kappa shape index (κ3) is 5.69. The molecule has 28 heavy (non-hydrogen) atoms. The zero-order chi connectivity index (χ0) is 20.9. The van der Waals surface area contributed by atoms with Crippen molar-refractivity contribution in [1.29, 1.82) is 0 Å². The number of carbonyl (C=O) groups excluding carboxylic acids is 1. The molecule has 0 aliphatic rings. The number of rotatable bonds is 9. The van der Waals surface area contributed by atoms with E-state index in [2.05, 4.69) is 20.2 Å². The number of benzene rings is 1. The Hall–Kier alpha value is -2.11. The molecule has 1 aromatic heterocycles. The van der Waals surface area contributed by atoms with Gasteiger partial charge < -0.3 is 5.32 Å². The Labute approximate surface area is 168 Å². The topological polar surface area (TPSA) is 126 Å². The molecule has 0 spiro atoms. The van der Waals surface area contributed by atoms with Crippen molar-refractivity contribution in [2.45, 2.75) is 62.0 Å². The molecule has 1 atom stereocenters. The van der Waals surface area contributed by atoms with Gasteiger partial charge in [-0.15, -0.1) is 5.10 Å². The number of amides is 1. The van der Waals surface area contributed by atoms with Gasteiger partial charge in [-0.05, 0) is 51.5 Å². The quantitative estimate of drug-likeness (QED) is 0.524. The molecule has 1 amide bonds. The van der Waals surface area contributed by atoms with Crippen molar-refractivity contribution in [1.82, 2.24) is 19.5 Å². The minimum absolute atomic E-state index is 0.127. The summed E-state index contributed by atoms with van der Waals surface area (Å²) in [7, 11) is -3.58. The van der Waals surface area contributed by atoms with Crippen molar-refractivity contribution in [3.8, 4) is 0 Å². The second kappa shape index (κ2) is 9.39. The zero-order valence-electron chi connectivity index (χ0n) is 16.2. The van der Waals surface area contributed by atoms with Gasteiger partial charge in [0.15, 0.2) is 5.16 Å². The molecule has 0 saturated heterocycles. The number of aromatic nitrogens is 3. The van der Waals surface area contributed by atoms with Gasteiger partial charge in [-0.2, -0.15) is 0 Å². The van der Waals surface area contributed by atoms with Crippen LogP contribution in [-0.4, -0.2) is 40.4 Å². The number of nitrogens with zero attached hydrogens (tertiary/aromatic N) is 2. The van der Waals surface area contributed by atoms with Crippen LogP contribution in [-0.2, 0) is 21.4 Å². The lowest BCUT2D eigenvalue weighted by Gasteiger charge is -2.13. The maximum atomic E-state index is 12.4. The highest BCUT2D eigenvalue weighted by molar-refractivity contribution is 8.00. The summed E-state index contributed by atoms with van der Waals surface area (Å²) in [5, 5.41) is 9.04. The first-order valence-corrected chi connectivity index (χ1v) is 11.3. The number of aromatic amines is 1. The molecule has 2 aromatic rings. The van der Waals surface area contributed by atoms with Crippen molar-refractivity contribution < 1.29 is 13.2 Å². The molecule has 0 aliphatic carbocycles. The number of anilines is 1. The number of thioether (sulfide) groups is 1. The third-order valence-corrected chi connectivity index (χ3v) is 6.41. The maximum absolute atomic E-state index is 12.4. The van der Waals surface area contributed by atoms with Crippen LogP contribution in [0, 0.1) is 0 Å². The lowest BCUT2D eigenvalue weighted by molar-refractivity contribution is -0.115. The lowest BCUT2D eigenvalue weighted by Crippen LogP contribution is -2.30. The van der Waals surface area contributed by atoms with Crippen molar-refractivity contribution in [2.75, 3.05) is 5.32 Å². The summed E-state index contributed by atoms with van der Waals surface area (Å²) in [6.07, 6.45) is 0.772. The summed E-state index contributed by atoms with van der Waals surface area (Å²) in [6.45, 7) is 7.66. The van der Waals surface area contributed by atoms with E-state index in [1.807, 2.05) is 6.92 Å². The summed E-state index contributed by atoms with van der Waals surface area (Å²) >= 11 is 1.18. The van der Waals surface area contributed by atoms with Crippen LogP contribution in [0.25, 0.3) is 0 Å². The summed E-state index contributed by atoms with van der Waals surface area (Å²) < 4.78 is 28.3. The SMILES string of the molecule is CCCn1c(S[C@H](C)C(=O)Nc2ccc(S(=O)(=O)NC(C)C)cc2)n[nH]c1=O. The van der Waals surface area contributed by atoms with Gasteiger partial charge in [0, 0.05) is 18.3 Å². The van der Waals surface area contributed by atoms with Crippen LogP contribution in [0.15, 0.2) is 39.1 Å². The van der Waals surface area contributed by atoms with E-state index < -0.39 is 15.3 Å². The second-order valence-electron chi connectivity index (χ2n) is 6.51. The predicted octanol–water partition coefficient (Wildman–Crippen LogP) is 1.79. The minimum atomic E-state index is -3.58. The van der Waals surface area contributed by atoms with Crippen molar-refractivity contribution in [2.24, 2.45) is 0 Å². The molecule has 0 saturated carbocycles. The van der Waals surface area contributed by atoms with E-state index in [1.54, 1.807) is 20.8 Å². The molecule has 9 nitrogen and oxygen atoms in total. The largest absolute Gasteiger partial charge is 0.343 e. The minimum Gasteiger partial charge on any atom is -0.325 e. The van der Waals surface area contributed by atoms with Crippen LogP contribution in [0.2, 0.25) is 0 Å². The van der Waals surface area contributed by atoms with Crippen LogP contribution < -0.4 is 15.7 Å². The molecular weight excluding hydrogens is 402 g/mol. The number of hydrogen-bond donors (Lipinski definition) is 3. The summed E-state index contributed by atoms with van der Waals surface area (Å²) in [6, 6.07) is 5.72. The van der Waals surface area contributed by atoms with Gasteiger partial charge in [0.1, 0.15) is 0 Å². The number of nitrogens with one attached hydrogen (secondary N) is 3. The standard InChI is InChI=1S/C17H25N5O4S2/c1-5-10-22-16(24)19-20-17(22)27-12(4)15(23)18-13-6-8-14(9-7-13)28(25,26)21-11(2)3/h6-9,11-12,21H,5,10H2,1-4H3,(H,18,23)(H,19,24)/t12-/m1/s1. The average Bonchev–Trinajstić information content (AvgIpc) is 2.95. The fourth-order valence-electron chi connectivity index (χ4n) is 2.37. The number of hydrogen-bond acceptors (Lipinski definition) is 6. The predicted molar refractivity (Wildman–Crippen MR) is 109 cm³/mol. The van der Waals surface area contributed by atoms with Gasteiger partial charge in [0.05, 0.1) is 10.1 Å². The molecule has 11 heteroatoms. The van der Waals surface area contributed by atoms with E-state index in [0.29, 0.717) is 17.4 Å². The molecule has 0 fully saturated rings. The van der Waals surface area contributed by atoms with Gasteiger partial charge in [0.25, 0.3) is 0 Å². The Balaban J connectivity index is 2.03. The molecule has 0 bridgehead atoms. The van der Waals surface area contributed by atoms with Gasteiger partial charge in [-0.25, -0.2) is 23.0 Å². The lowest BCUT2D eigenvalue weighted by atomic mass is 10.3. The smallest absolute Gasteiger partial charge is 0.325 e. The van der Waals surface area contributed by atoms with Crippen LogP contribution in [0.3, 0.4) is 0 Å². The third-order valence-electron chi connectivity index (χ3n) is 3.64. The van der Waals surface area contributed by atoms with Crippen LogP contribution >= 0.6 is 11.8 Å². The molecule has 0 radical (unpaired) electrons. The van der Waals surface area contributed by atoms with Gasteiger partial charge in [0.2, 0.25) is 15.9 Å². The fourth-order valence-corrected chi connectivity index (χ4v) is 4.50. The molecule has 3 N–H and O–H groups in total. The highest BCUT2D eigenvalue weighted by Gasteiger charge is 2.20. The Kier molecular flexibility index (Phi) is 7.44. The second-order valence-corrected chi connectivity index (χ2v) is 9.53. The molecule has 154 valence electrons. The molecule has 0 unspecified atom stereocenters. The Morgan fingerprint density at radius 2 is 1.89 bits per heavy atom. The summed E-state index contributed by atoms with van der Waals surface area (Å²) in [5.74, 6) is -0.278. The first-order valence-electron chi connectivity index (χ1n) is 8.89. The van der Waals surface area contributed by atoms with Crippen LogP contribution in [0.1, 0.15) is 34.1 Å². The van der Waals surface area contributed by atoms with E-state index in [1.165, 1.54) is 40.6 Å². The molecule has 2 rings (SSSR count). The molecule has 0 aliphatic heterocycles. The number of H-pyrrole nitrogens is 1. The number of sulfonamides is 1. The average molecular weight is 428 g/mol. The van der Waals surface area contributed by atoms with E-state index in [-0.39, 0.29) is 22.5 Å². The normalized spacial score (nSPS) is 12.9. The number of carbonyl (C=O) groups is 1. The first-order chi connectivity index (χ1) is 13.1. The molecule has 1 aromatic carbocycles. The van der Waals surface area contributed by atoms with Crippen molar-refractivity contribution in [3.05, 3.63) is 34.7 Å². The van der Waals surface area contributed by atoms with Gasteiger partial charge in [-0.1, -0.05) is 18.7 Å². The Morgan fingerprint density at radius 1 is 1.25 bits per heavy atom. The van der Waals surface area contributed by atoms with E-state index in [4.69, 9.17) is 0 Å². The highest BCUT2D eigenvalue weighted by Crippen LogP contribution is 2.22. The monoisotopic (exact) mass is 427 g/mol. The van der Waals surface area contributed by atoms with E-state index in [9.17, 15) is 18.0 Å². The maximum Gasteiger partial charge on any atom is 0.343 e. The summed E-state index contributed by atoms with van der Waals surface area (Å²) in [5.41, 5.74) is 0.178. The van der Waals surface area contributed by atoms with Crippen LogP contribution in [0.5, 0.6) is 0 Å². The van der Waals surface area contributed by atoms with E-state index >= 15 is 0 Å². The van der Waals surface area contributed by atoms with Gasteiger partial charge >= 0.3 is 5.69 Å². The molecular formula is C17H25N5O4S2. The van der Waals surface area contributed by atoms with E-state index in [0.717, 1.165) is 6.42 Å². The Morgan fingerprint density at radius 3 is 2.46 bits per heavy atom. The molecule has 1 heterocycles. The van der Waals surface area contributed by atoms with Crippen LogP contribution in [0.4, 0.5) is 5.69 Å². The Bertz CT molecular complexity index is 964. The zero-order valence-corrected chi connectivity index (χ0v) is 17.9. The van der Waals surface area contributed by atoms with Crippen molar-refractivity contribution >= 4 is 33.4 Å². The first kappa shape index (κ1) is 22.2. The highest BCUT2D eigenvalue weighted by atomic mass is 32.2. The van der Waals surface area contributed by atoms with Crippen molar-refractivity contribution in [3.63, 3.8) is 0 Å². The summed E-state index contributed by atoms with van der Waals surface area (Å²) in [4.78, 5) is 24.3. The van der Waals surface area contributed by atoms with Gasteiger partial charge in [-0.3, -0.25) is 9.36 Å². The fraction of sp³-hybridized carbons (Fsp3) is 0.471.